The van der Waals surface area contributed by atoms with E-state index < -0.39 is 5.60 Å². The van der Waals surface area contributed by atoms with Crippen LogP contribution in [-0.2, 0) is 10.4 Å². The van der Waals surface area contributed by atoms with Crippen LogP contribution in [-0.4, -0.2) is 20.8 Å². The number of anilines is 1. The van der Waals surface area contributed by atoms with Gasteiger partial charge < -0.3 is 10.4 Å². The smallest absolute Gasteiger partial charge is 0.228 e. The van der Waals surface area contributed by atoms with E-state index >= 15 is 0 Å². The minimum atomic E-state index is -1.20. The van der Waals surface area contributed by atoms with E-state index in [1.807, 2.05) is 37.3 Å². The van der Waals surface area contributed by atoms with Crippen LogP contribution >= 0.6 is 0 Å². The quantitative estimate of drug-likeness (QED) is 0.861. The molecule has 2 rings (SSSR count). The van der Waals surface area contributed by atoms with Crippen LogP contribution in [0.1, 0.15) is 45.2 Å². The van der Waals surface area contributed by atoms with Crippen molar-refractivity contribution >= 4 is 11.7 Å². The Kier molecular flexibility index (Phi) is 4.98. The van der Waals surface area contributed by atoms with E-state index in [2.05, 4.69) is 17.3 Å². The maximum absolute atomic E-state index is 12.3. The maximum Gasteiger partial charge on any atom is 0.228 e. The monoisotopic (exact) mass is 301 g/mol. The predicted molar refractivity (Wildman–Crippen MR) is 86.5 cm³/mol. The Morgan fingerprint density at radius 3 is 2.68 bits per heavy atom. The highest BCUT2D eigenvalue weighted by Gasteiger charge is 2.27. The van der Waals surface area contributed by atoms with Crippen molar-refractivity contribution < 1.29 is 9.90 Å². The Labute approximate surface area is 131 Å². The number of nitrogens with zero attached hydrogens (tertiary/aromatic N) is 2. The lowest BCUT2D eigenvalue weighted by atomic mass is 9.92. The molecule has 2 aromatic rings. The molecule has 118 valence electrons. The zero-order valence-electron chi connectivity index (χ0n) is 13.3. The first kappa shape index (κ1) is 16.2. The molecule has 1 aromatic carbocycles. The summed E-state index contributed by atoms with van der Waals surface area (Å²) in [6, 6.07) is 11.2. The zero-order valence-corrected chi connectivity index (χ0v) is 13.3. The summed E-state index contributed by atoms with van der Waals surface area (Å²) >= 11 is 0. The molecule has 0 fully saturated rings. The molecule has 5 nitrogen and oxygen atoms in total. The van der Waals surface area contributed by atoms with Gasteiger partial charge >= 0.3 is 0 Å². The fourth-order valence-corrected chi connectivity index (χ4v) is 2.34. The second kappa shape index (κ2) is 6.75. The van der Waals surface area contributed by atoms with E-state index in [9.17, 15) is 9.90 Å². The summed E-state index contributed by atoms with van der Waals surface area (Å²) in [6.07, 6.45) is 2.58. The molecule has 0 aliphatic rings. The second-order valence-electron chi connectivity index (χ2n) is 5.78. The van der Waals surface area contributed by atoms with E-state index in [-0.39, 0.29) is 18.4 Å². The molecule has 1 amide bonds. The Balaban J connectivity index is 2.06. The lowest BCUT2D eigenvalue weighted by Gasteiger charge is -2.23. The normalized spacial score (nSPS) is 15.1. The average molecular weight is 301 g/mol. The van der Waals surface area contributed by atoms with Gasteiger partial charge in [-0.05, 0) is 25.8 Å². The number of hydrogen-bond acceptors (Lipinski definition) is 3. The van der Waals surface area contributed by atoms with Gasteiger partial charge in [-0.25, -0.2) is 4.68 Å². The molecule has 2 atom stereocenters. The van der Waals surface area contributed by atoms with Crippen LogP contribution in [0.4, 0.5) is 5.82 Å². The van der Waals surface area contributed by atoms with Crippen molar-refractivity contribution in [3.05, 3.63) is 48.2 Å². The molecule has 0 aliphatic carbocycles. The molecule has 2 unspecified atom stereocenters. The first-order chi connectivity index (χ1) is 10.4. The molecular formula is C17H23N3O2. The number of aromatic nitrogens is 2. The predicted octanol–water partition coefficient (Wildman–Crippen LogP) is 3.09. The molecular weight excluding hydrogens is 278 g/mol. The highest BCUT2D eigenvalue weighted by atomic mass is 16.3. The molecule has 0 spiro atoms. The number of carbonyl (C=O) groups excluding carboxylic acids is 1. The average Bonchev–Trinajstić information content (AvgIpc) is 2.94. The van der Waals surface area contributed by atoms with Gasteiger partial charge in [0.25, 0.3) is 0 Å². The van der Waals surface area contributed by atoms with E-state index in [0.29, 0.717) is 5.82 Å². The highest BCUT2D eigenvalue weighted by Crippen LogP contribution is 2.25. The Hall–Kier alpha value is -2.14. The van der Waals surface area contributed by atoms with Gasteiger partial charge in [-0.3, -0.25) is 4.79 Å². The summed E-state index contributed by atoms with van der Waals surface area (Å²) in [5, 5.41) is 17.6. The molecule has 2 N–H and O–H groups in total. The number of hydrogen-bond donors (Lipinski definition) is 2. The number of amides is 1. The molecule has 0 radical (unpaired) electrons. The van der Waals surface area contributed by atoms with Crippen LogP contribution in [0.25, 0.3) is 0 Å². The van der Waals surface area contributed by atoms with Gasteiger partial charge in [0.1, 0.15) is 5.82 Å². The summed E-state index contributed by atoms with van der Waals surface area (Å²) in [4.78, 5) is 12.3. The maximum atomic E-state index is 12.3. The van der Waals surface area contributed by atoms with Crippen LogP contribution in [0.15, 0.2) is 42.6 Å². The molecule has 1 aromatic heterocycles. The van der Waals surface area contributed by atoms with Crippen molar-refractivity contribution in [2.45, 2.75) is 45.3 Å². The topological polar surface area (TPSA) is 67.2 Å². The van der Waals surface area contributed by atoms with Crippen molar-refractivity contribution in [3.63, 3.8) is 0 Å². The fraction of sp³-hybridized carbons (Fsp3) is 0.412. The summed E-state index contributed by atoms with van der Waals surface area (Å²) < 4.78 is 1.79. The van der Waals surface area contributed by atoms with Crippen LogP contribution in [0.2, 0.25) is 0 Å². The number of rotatable bonds is 6. The third-order valence-corrected chi connectivity index (χ3v) is 3.85. The Morgan fingerprint density at radius 2 is 2.05 bits per heavy atom. The molecule has 0 saturated heterocycles. The van der Waals surface area contributed by atoms with Crippen molar-refractivity contribution in [2.24, 2.45) is 0 Å². The van der Waals surface area contributed by atoms with Crippen molar-refractivity contribution in [1.29, 1.82) is 0 Å². The van der Waals surface area contributed by atoms with E-state index in [1.165, 1.54) is 0 Å². The lowest BCUT2D eigenvalue weighted by molar-refractivity contribution is -0.120. The fourth-order valence-electron chi connectivity index (χ4n) is 2.34. The SMILES string of the molecule is CCC(C)n1nccc1NC(=O)CC(C)(O)c1ccccc1. The molecule has 1 heterocycles. The molecule has 5 heteroatoms. The standard InChI is InChI=1S/C17H23N3O2/c1-4-13(2)20-15(10-11-18-20)19-16(21)12-17(3,22)14-8-6-5-7-9-14/h5-11,13,22H,4,12H2,1-3H3,(H,19,21). The van der Waals surface area contributed by atoms with E-state index in [0.717, 1.165) is 12.0 Å². The van der Waals surface area contributed by atoms with Crippen molar-refractivity contribution in [3.8, 4) is 0 Å². The molecule has 0 saturated carbocycles. The number of nitrogens with one attached hydrogen (secondary N) is 1. The van der Waals surface area contributed by atoms with Gasteiger partial charge in [0.2, 0.25) is 5.91 Å². The van der Waals surface area contributed by atoms with E-state index in [1.54, 1.807) is 23.9 Å². The van der Waals surface area contributed by atoms with Crippen LogP contribution in [0.3, 0.4) is 0 Å². The lowest BCUT2D eigenvalue weighted by Crippen LogP contribution is -2.29. The number of carbonyl (C=O) groups is 1. The van der Waals surface area contributed by atoms with Gasteiger partial charge in [-0.2, -0.15) is 5.10 Å². The van der Waals surface area contributed by atoms with Gasteiger partial charge in [-0.1, -0.05) is 37.3 Å². The van der Waals surface area contributed by atoms with Gasteiger partial charge in [0, 0.05) is 6.07 Å². The van der Waals surface area contributed by atoms with Crippen LogP contribution in [0.5, 0.6) is 0 Å². The van der Waals surface area contributed by atoms with Crippen LogP contribution in [0, 0.1) is 0 Å². The summed E-state index contributed by atoms with van der Waals surface area (Å²) in [7, 11) is 0. The summed E-state index contributed by atoms with van der Waals surface area (Å²) in [5.41, 5.74) is -0.479. The third kappa shape index (κ3) is 3.74. The molecule has 22 heavy (non-hydrogen) atoms. The largest absolute Gasteiger partial charge is 0.385 e. The van der Waals surface area contributed by atoms with Crippen molar-refractivity contribution in [2.75, 3.05) is 5.32 Å². The van der Waals surface area contributed by atoms with Gasteiger partial charge in [-0.15, -0.1) is 0 Å². The minimum absolute atomic E-state index is 0.0112. The van der Waals surface area contributed by atoms with Gasteiger partial charge in [0.05, 0.1) is 24.3 Å². The van der Waals surface area contributed by atoms with Crippen LogP contribution < -0.4 is 5.32 Å². The van der Waals surface area contributed by atoms with E-state index in [4.69, 9.17) is 0 Å². The Bertz CT molecular complexity index is 620. The molecule has 0 bridgehead atoms. The summed E-state index contributed by atoms with van der Waals surface area (Å²) in [5.74, 6) is 0.419. The second-order valence-corrected chi connectivity index (χ2v) is 5.78. The van der Waals surface area contributed by atoms with Gasteiger partial charge in [0.15, 0.2) is 0 Å². The first-order valence-electron chi connectivity index (χ1n) is 7.55. The Morgan fingerprint density at radius 1 is 1.36 bits per heavy atom. The third-order valence-electron chi connectivity index (χ3n) is 3.85. The summed E-state index contributed by atoms with van der Waals surface area (Å²) in [6.45, 7) is 5.76. The highest BCUT2D eigenvalue weighted by molar-refractivity contribution is 5.90. The number of benzene rings is 1. The number of aliphatic hydroxyl groups is 1. The zero-order chi connectivity index (χ0) is 16.2. The minimum Gasteiger partial charge on any atom is -0.385 e. The first-order valence-corrected chi connectivity index (χ1v) is 7.55. The molecule has 0 aliphatic heterocycles. The van der Waals surface area contributed by atoms with Crippen molar-refractivity contribution in [1.82, 2.24) is 9.78 Å².